The van der Waals surface area contributed by atoms with Crippen molar-refractivity contribution >= 4 is 31.9 Å². The zero-order valence-corrected chi connectivity index (χ0v) is 21.6. The van der Waals surface area contributed by atoms with Gasteiger partial charge in [-0.25, -0.2) is 0 Å². The molecule has 0 unspecified atom stereocenters. The molecule has 160 valence electrons. The topological polar surface area (TPSA) is 27.7 Å². The first-order valence-corrected chi connectivity index (χ1v) is 13.9. The molecule has 0 amide bonds. The van der Waals surface area contributed by atoms with Gasteiger partial charge in [0.25, 0.3) is 0 Å². The average Bonchev–Trinajstić information content (AvgIpc) is 3.07. The third kappa shape index (κ3) is 13.1. The van der Waals surface area contributed by atoms with Crippen molar-refractivity contribution in [3.63, 3.8) is 0 Å². The molecule has 0 atom stereocenters. The van der Waals surface area contributed by atoms with Crippen molar-refractivity contribution in [3.8, 4) is 0 Å². The minimum Gasteiger partial charge on any atom is -0.374 e. The molecule has 0 aliphatic rings. The van der Waals surface area contributed by atoms with Crippen molar-refractivity contribution in [1.29, 1.82) is 0 Å². The van der Waals surface area contributed by atoms with Crippen molar-refractivity contribution in [2.24, 2.45) is 0 Å². The fourth-order valence-electron chi connectivity index (χ4n) is 2.37. The molecule has 1 aromatic rings. The second-order valence-corrected chi connectivity index (χ2v) is 13.9. The average molecular weight is 435 g/mol. The number of hydrogen-bond acceptors (Lipinski definition) is 5. The smallest absolute Gasteiger partial charge is 0.374 e. The van der Waals surface area contributed by atoms with E-state index in [0.717, 1.165) is 18.2 Å². The van der Waals surface area contributed by atoms with Crippen molar-refractivity contribution in [2.75, 3.05) is 25.6 Å². The van der Waals surface area contributed by atoms with Gasteiger partial charge in [0.1, 0.15) is 0 Å². The second-order valence-electron chi connectivity index (χ2n) is 8.27. The maximum Gasteiger partial charge on any atom is 0.500 e. The molecule has 3 nitrogen and oxygen atoms in total. The summed E-state index contributed by atoms with van der Waals surface area (Å²) in [5.74, 6) is 1.13. The predicted octanol–water partition coefficient (Wildman–Crippen LogP) is 7.00. The van der Waals surface area contributed by atoms with Gasteiger partial charge in [-0.3, -0.25) is 0 Å². The van der Waals surface area contributed by atoms with E-state index in [9.17, 15) is 0 Å². The monoisotopic (exact) mass is 434 g/mol. The Balaban J connectivity index is 0.000000621. The Kier molecular flexibility index (Phi) is 13.5. The molecule has 0 aromatic carbocycles. The van der Waals surface area contributed by atoms with E-state index in [1.165, 1.54) is 4.88 Å². The third-order valence-corrected chi connectivity index (χ3v) is 9.32. The highest BCUT2D eigenvalue weighted by Gasteiger charge is 2.39. The van der Waals surface area contributed by atoms with Crippen LogP contribution in [-0.4, -0.2) is 39.1 Å². The SMILES string of the molecule is CC(C)(C)c1cccs1.CCO[Si](CCCSC(C)(C)C)(OCC)OCC. The van der Waals surface area contributed by atoms with Gasteiger partial charge in [0, 0.05) is 35.5 Å². The van der Waals surface area contributed by atoms with E-state index in [0.29, 0.717) is 30.0 Å². The molecule has 0 aliphatic carbocycles. The summed E-state index contributed by atoms with van der Waals surface area (Å²) < 4.78 is 17.8. The van der Waals surface area contributed by atoms with Crippen LogP contribution in [-0.2, 0) is 18.7 Å². The fourth-order valence-corrected chi connectivity index (χ4v) is 6.96. The largest absolute Gasteiger partial charge is 0.500 e. The van der Waals surface area contributed by atoms with E-state index in [1.54, 1.807) is 0 Å². The Bertz CT molecular complexity index is 448. The van der Waals surface area contributed by atoms with Gasteiger partial charge >= 0.3 is 8.80 Å². The van der Waals surface area contributed by atoms with Crippen molar-refractivity contribution < 1.29 is 13.3 Å². The van der Waals surface area contributed by atoms with Crippen LogP contribution in [0.1, 0.15) is 73.6 Å². The van der Waals surface area contributed by atoms with Crippen LogP contribution >= 0.6 is 23.1 Å². The molecule has 0 saturated carbocycles. The van der Waals surface area contributed by atoms with Crippen LogP contribution in [0.2, 0.25) is 6.04 Å². The molecular formula is C21H42O3S2Si. The lowest BCUT2D eigenvalue weighted by Crippen LogP contribution is -2.46. The lowest BCUT2D eigenvalue weighted by molar-refractivity contribution is 0.0712. The minimum atomic E-state index is -2.41. The molecule has 0 spiro atoms. The van der Waals surface area contributed by atoms with Crippen LogP contribution in [0.5, 0.6) is 0 Å². The maximum absolute atomic E-state index is 5.83. The van der Waals surface area contributed by atoms with Crippen LogP contribution in [0.4, 0.5) is 0 Å². The summed E-state index contributed by atoms with van der Waals surface area (Å²) in [7, 11) is -2.41. The zero-order valence-electron chi connectivity index (χ0n) is 19.0. The molecule has 27 heavy (non-hydrogen) atoms. The van der Waals surface area contributed by atoms with Crippen LogP contribution < -0.4 is 0 Å². The summed E-state index contributed by atoms with van der Waals surface area (Å²) in [5.41, 5.74) is 0.341. The number of thioether (sulfide) groups is 1. The summed E-state index contributed by atoms with van der Waals surface area (Å²) in [6.45, 7) is 21.4. The molecule has 0 fully saturated rings. The van der Waals surface area contributed by atoms with Crippen molar-refractivity contribution in [3.05, 3.63) is 22.4 Å². The third-order valence-electron chi connectivity index (χ3n) is 3.52. The fraction of sp³-hybridized carbons (Fsp3) is 0.810. The van der Waals surface area contributed by atoms with Gasteiger partial charge < -0.3 is 13.3 Å². The molecule has 1 heterocycles. The van der Waals surface area contributed by atoms with E-state index < -0.39 is 8.80 Å². The van der Waals surface area contributed by atoms with Gasteiger partial charge in [0.15, 0.2) is 0 Å². The maximum atomic E-state index is 5.83. The molecule has 6 heteroatoms. The second kappa shape index (κ2) is 13.4. The minimum absolute atomic E-state index is 0.326. The van der Waals surface area contributed by atoms with Gasteiger partial charge in [0.05, 0.1) is 0 Å². The molecule has 0 bridgehead atoms. The van der Waals surface area contributed by atoms with Crippen molar-refractivity contribution in [1.82, 2.24) is 0 Å². The Labute approximate surface area is 177 Å². The predicted molar refractivity (Wildman–Crippen MR) is 125 cm³/mol. The van der Waals surface area contributed by atoms with Crippen molar-refractivity contribution in [2.45, 2.75) is 84.9 Å². The van der Waals surface area contributed by atoms with Gasteiger partial charge in [-0.1, -0.05) is 47.6 Å². The molecule has 0 radical (unpaired) electrons. The Morgan fingerprint density at radius 3 is 1.74 bits per heavy atom. The molecule has 0 N–H and O–H groups in total. The zero-order chi connectivity index (χ0) is 21.0. The quantitative estimate of drug-likeness (QED) is 0.292. The summed E-state index contributed by atoms with van der Waals surface area (Å²) in [4.78, 5) is 1.46. The van der Waals surface area contributed by atoms with Gasteiger partial charge in [0.2, 0.25) is 0 Å². The highest BCUT2D eigenvalue weighted by molar-refractivity contribution is 8.00. The highest BCUT2D eigenvalue weighted by atomic mass is 32.2. The summed E-state index contributed by atoms with van der Waals surface area (Å²) >= 11 is 3.81. The van der Waals surface area contributed by atoms with Gasteiger partial charge in [-0.2, -0.15) is 11.8 Å². The first-order valence-electron chi connectivity index (χ1n) is 10.1. The molecule has 0 aliphatic heterocycles. The molecule has 0 saturated heterocycles. The Hall–Kier alpha value is 0.147. The van der Waals surface area contributed by atoms with E-state index in [1.807, 2.05) is 43.9 Å². The lowest BCUT2D eigenvalue weighted by Gasteiger charge is -2.28. The number of rotatable bonds is 10. The Morgan fingerprint density at radius 2 is 1.44 bits per heavy atom. The number of thiophene rings is 1. The van der Waals surface area contributed by atoms with Crippen LogP contribution in [0.25, 0.3) is 0 Å². The standard InChI is InChI=1S/C13H30O3SSi.C8H12S/c1-7-14-18(15-8-2,16-9-3)12-10-11-17-13(4,5)6;1-8(2,3)7-5-4-6-9-7/h7-12H2,1-6H3;4-6H,1-3H3. The van der Waals surface area contributed by atoms with Gasteiger partial charge in [-0.05, 0) is 49.8 Å². The molecular weight excluding hydrogens is 392 g/mol. The Morgan fingerprint density at radius 1 is 0.926 bits per heavy atom. The lowest BCUT2D eigenvalue weighted by atomic mass is 9.95. The number of hydrogen-bond donors (Lipinski definition) is 0. The summed E-state index contributed by atoms with van der Waals surface area (Å²) in [6, 6.07) is 5.21. The highest BCUT2D eigenvalue weighted by Crippen LogP contribution is 2.27. The normalized spacial score (nSPS) is 12.6. The van der Waals surface area contributed by atoms with Crippen LogP contribution in [0.15, 0.2) is 17.5 Å². The van der Waals surface area contributed by atoms with E-state index in [2.05, 4.69) is 59.1 Å². The first-order chi connectivity index (χ1) is 12.5. The van der Waals surface area contributed by atoms with E-state index >= 15 is 0 Å². The van der Waals surface area contributed by atoms with Crippen LogP contribution in [0, 0.1) is 0 Å². The van der Waals surface area contributed by atoms with E-state index in [4.69, 9.17) is 13.3 Å². The molecule has 1 aromatic heterocycles. The van der Waals surface area contributed by atoms with Gasteiger partial charge in [-0.15, -0.1) is 11.3 Å². The summed E-state index contributed by atoms with van der Waals surface area (Å²) in [5, 5.41) is 2.13. The van der Waals surface area contributed by atoms with Crippen LogP contribution in [0.3, 0.4) is 0 Å². The van der Waals surface area contributed by atoms with E-state index in [-0.39, 0.29) is 0 Å². The first kappa shape index (κ1) is 27.1. The summed E-state index contributed by atoms with van der Waals surface area (Å²) in [6.07, 6.45) is 1.09. The molecule has 1 rings (SSSR count).